The number of hydrogen-bond donors (Lipinski definition) is 0. The van der Waals surface area contributed by atoms with Crippen LogP contribution in [-0.4, -0.2) is 20.1 Å². The summed E-state index contributed by atoms with van der Waals surface area (Å²) in [5.74, 6) is 0.0914. The van der Waals surface area contributed by atoms with E-state index in [9.17, 15) is 8.42 Å². The Kier molecular flexibility index (Phi) is 3.17. The Morgan fingerprint density at radius 3 is 2.44 bits per heavy atom. The van der Waals surface area contributed by atoms with Crippen molar-refractivity contribution in [2.24, 2.45) is 0 Å². The maximum Gasteiger partial charge on any atom is 0.180 e. The van der Waals surface area contributed by atoms with Gasteiger partial charge in [0.25, 0.3) is 0 Å². The highest BCUT2D eigenvalue weighted by Crippen LogP contribution is 2.23. The van der Waals surface area contributed by atoms with Crippen LogP contribution in [0.3, 0.4) is 0 Å². The smallest absolute Gasteiger partial charge is 0.180 e. The molecule has 0 radical (unpaired) electrons. The number of sulfone groups is 1. The molecule has 16 heavy (non-hydrogen) atoms. The van der Waals surface area contributed by atoms with E-state index in [1.165, 1.54) is 0 Å². The van der Waals surface area contributed by atoms with E-state index in [2.05, 4.69) is 0 Å². The van der Waals surface area contributed by atoms with Crippen LogP contribution >= 0.6 is 11.6 Å². The third kappa shape index (κ3) is 2.06. The zero-order valence-corrected chi connectivity index (χ0v) is 10.1. The number of benzene rings is 2. The molecule has 4 heteroatoms. The minimum absolute atomic E-state index is 0.0252. The second kappa shape index (κ2) is 4.44. The van der Waals surface area contributed by atoms with E-state index in [-0.39, 0.29) is 11.6 Å². The van der Waals surface area contributed by atoms with Gasteiger partial charge in [0, 0.05) is 11.3 Å². The van der Waals surface area contributed by atoms with Crippen LogP contribution in [0.1, 0.15) is 0 Å². The summed E-state index contributed by atoms with van der Waals surface area (Å²) < 4.78 is 23.9. The van der Waals surface area contributed by atoms with E-state index in [1.54, 1.807) is 12.1 Å². The van der Waals surface area contributed by atoms with Crippen LogP contribution < -0.4 is 0 Å². The molecule has 0 aromatic heterocycles. The first-order chi connectivity index (χ1) is 7.65. The quantitative estimate of drug-likeness (QED) is 0.790. The average molecular weight is 255 g/mol. The van der Waals surface area contributed by atoms with Crippen LogP contribution in [0, 0.1) is 0 Å². The average Bonchev–Trinajstić information content (AvgIpc) is 2.28. The van der Waals surface area contributed by atoms with Gasteiger partial charge >= 0.3 is 0 Å². The lowest BCUT2D eigenvalue weighted by Crippen LogP contribution is -2.08. The molecule has 0 unspecified atom stereocenters. The largest absolute Gasteiger partial charge is 0.224 e. The molecule has 0 saturated heterocycles. The second-order valence-electron chi connectivity index (χ2n) is 3.49. The Bertz CT molecular complexity index is 600. The summed E-state index contributed by atoms with van der Waals surface area (Å²) in [6.07, 6.45) is 0. The summed E-state index contributed by atoms with van der Waals surface area (Å²) in [5, 5.41) is 1.69. The molecule has 0 spiro atoms. The molecule has 0 N–H and O–H groups in total. The molecule has 0 aliphatic rings. The van der Waals surface area contributed by atoms with Crippen LogP contribution in [0.5, 0.6) is 0 Å². The van der Waals surface area contributed by atoms with E-state index >= 15 is 0 Å². The first-order valence-corrected chi connectivity index (χ1v) is 7.10. The van der Waals surface area contributed by atoms with Gasteiger partial charge in [0.2, 0.25) is 0 Å². The van der Waals surface area contributed by atoms with Crippen LogP contribution in [-0.2, 0) is 9.84 Å². The number of rotatable bonds is 3. The van der Waals surface area contributed by atoms with Crippen molar-refractivity contribution < 1.29 is 8.42 Å². The predicted octanol–water partition coefficient (Wildman–Crippen LogP) is 2.85. The Morgan fingerprint density at radius 2 is 1.69 bits per heavy atom. The number of alkyl halides is 1. The molecule has 0 bridgehead atoms. The molecule has 0 saturated carbocycles. The topological polar surface area (TPSA) is 34.1 Å². The maximum atomic E-state index is 12.0. The molecule has 0 amide bonds. The Labute approximate surface area is 99.8 Å². The zero-order chi connectivity index (χ0) is 11.6. The van der Waals surface area contributed by atoms with Crippen molar-refractivity contribution in [3.05, 3.63) is 42.5 Å². The van der Waals surface area contributed by atoms with E-state index < -0.39 is 9.84 Å². The highest BCUT2D eigenvalue weighted by atomic mass is 35.5. The summed E-state index contributed by atoms with van der Waals surface area (Å²) >= 11 is 5.51. The van der Waals surface area contributed by atoms with Crippen molar-refractivity contribution in [2.75, 3.05) is 11.6 Å². The number of fused-ring (bicyclic) bond motifs is 1. The van der Waals surface area contributed by atoms with E-state index in [4.69, 9.17) is 11.6 Å². The molecule has 0 heterocycles. The van der Waals surface area contributed by atoms with Gasteiger partial charge in [-0.3, -0.25) is 0 Å². The second-order valence-corrected chi connectivity index (χ2v) is 5.94. The molecule has 0 fully saturated rings. The lowest BCUT2D eigenvalue weighted by molar-refractivity contribution is 0.598. The summed E-state index contributed by atoms with van der Waals surface area (Å²) in [4.78, 5) is 0.367. The molecule has 0 atom stereocenters. The van der Waals surface area contributed by atoms with Gasteiger partial charge in [0.15, 0.2) is 9.84 Å². The molecule has 84 valence electrons. The van der Waals surface area contributed by atoms with Gasteiger partial charge < -0.3 is 0 Å². The van der Waals surface area contributed by atoms with Crippen LogP contribution in [0.4, 0.5) is 0 Å². The maximum absolute atomic E-state index is 12.0. The van der Waals surface area contributed by atoms with Crippen molar-refractivity contribution in [2.45, 2.75) is 4.90 Å². The monoisotopic (exact) mass is 254 g/mol. The van der Waals surface area contributed by atoms with Gasteiger partial charge in [-0.05, 0) is 11.5 Å². The summed E-state index contributed by atoms with van der Waals surface area (Å²) in [6.45, 7) is 0. The molecule has 0 aliphatic heterocycles. The van der Waals surface area contributed by atoms with E-state index in [0.29, 0.717) is 4.90 Å². The van der Waals surface area contributed by atoms with Crippen molar-refractivity contribution in [1.29, 1.82) is 0 Å². The van der Waals surface area contributed by atoms with Gasteiger partial charge in [0.05, 0.1) is 10.6 Å². The third-order valence-electron chi connectivity index (χ3n) is 2.43. The zero-order valence-electron chi connectivity index (χ0n) is 8.56. The molecule has 0 aliphatic carbocycles. The molecule has 2 aromatic rings. The Hall–Kier alpha value is -1.06. The van der Waals surface area contributed by atoms with Crippen molar-refractivity contribution in [1.82, 2.24) is 0 Å². The lowest BCUT2D eigenvalue weighted by Gasteiger charge is -2.06. The minimum Gasteiger partial charge on any atom is -0.224 e. The standard InChI is InChI=1S/C12H11ClO2S/c13-8-9-16(14,15)12-7-3-5-10-4-1-2-6-11(10)12/h1-7H,8-9H2. The van der Waals surface area contributed by atoms with Gasteiger partial charge in [-0.25, -0.2) is 8.42 Å². The highest BCUT2D eigenvalue weighted by Gasteiger charge is 2.16. The van der Waals surface area contributed by atoms with Gasteiger partial charge in [-0.1, -0.05) is 36.4 Å². The predicted molar refractivity (Wildman–Crippen MR) is 66.7 cm³/mol. The summed E-state index contributed by atoms with van der Waals surface area (Å²) in [5.41, 5.74) is 0. The fourth-order valence-electron chi connectivity index (χ4n) is 1.68. The third-order valence-corrected chi connectivity index (χ3v) is 4.61. The van der Waals surface area contributed by atoms with E-state index in [0.717, 1.165) is 10.8 Å². The van der Waals surface area contributed by atoms with E-state index in [1.807, 2.05) is 30.3 Å². The van der Waals surface area contributed by atoms with Gasteiger partial charge in [0.1, 0.15) is 0 Å². The SMILES string of the molecule is O=S(=O)(CCCl)c1cccc2ccccc12. The first kappa shape index (κ1) is 11.4. The van der Waals surface area contributed by atoms with Crippen LogP contribution in [0.15, 0.2) is 47.4 Å². The highest BCUT2D eigenvalue weighted by molar-refractivity contribution is 7.91. The number of hydrogen-bond acceptors (Lipinski definition) is 2. The molecular formula is C12H11ClO2S. The Morgan fingerprint density at radius 1 is 1.00 bits per heavy atom. The van der Waals surface area contributed by atoms with Crippen LogP contribution in [0.25, 0.3) is 10.8 Å². The van der Waals surface area contributed by atoms with Gasteiger partial charge in [-0.2, -0.15) is 0 Å². The molecule has 2 rings (SSSR count). The minimum atomic E-state index is -3.27. The summed E-state index contributed by atoms with van der Waals surface area (Å²) in [7, 11) is -3.27. The summed E-state index contributed by atoms with van der Waals surface area (Å²) in [6, 6.07) is 12.7. The Balaban J connectivity index is 2.70. The van der Waals surface area contributed by atoms with Crippen molar-refractivity contribution in [3.8, 4) is 0 Å². The molecule has 2 aromatic carbocycles. The fourth-order valence-corrected chi connectivity index (χ4v) is 3.52. The normalized spacial score (nSPS) is 11.8. The van der Waals surface area contributed by atoms with Crippen molar-refractivity contribution >= 4 is 32.2 Å². The first-order valence-electron chi connectivity index (χ1n) is 4.91. The number of halogens is 1. The van der Waals surface area contributed by atoms with Crippen molar-refractivity contribution in [3.63, 3.8) is 0 Å². The van der Waals surface area contributed by atoms with Crippen LogP contribution in [0.2, 0.25) is 0 Å². The van der Waals surface area contributed by atoms with Gasteiger partial charge in [-0.15, -0.1) is 11.6 Å². The fraction of sp³-hybridized carbons (Fsp3) is 0.167. The molecular weight excluding hydrogens is 244 g/mol. The molecule has 2 nitrogen and oxygen atoms in total. The lowest BCUT2D eigenvalue weighted by atomic mass is 10.1.